The average Bonchev–Trinajstić information content (AvgIpc) is 3.60. The van der Waals surface area contributed by atoms with Crippen LogP contribution in [0.3, 0.4) is 0 Å². The number of benzene rings is 3. The SMILES string of the molecule is Cc1ccc(C(=O)N(Cc2ccco2)Cc2cnc(S(=O)(=O)Cc3ccccc3)n2Cc2ccccc2)cc1. The minimum absolute atomic E-state index is 0.0223. The number of carbonyl (C=O) groups excluding carboxylic acids is 1. The largest absolute Gasteiger partial charge is 0.467 e. The second-order valence-electron chi connectivity index (χ2n) is 9.46. The second kappa shape index (κ2) is 11.5. The molecule has 0 saturated carbocycles. The fraction of sp³-hybridized carbons (Fsp3) is 0.161. The molecule has 0 saturated heterocycles. The normalized spacial score (nSPS) is 11.4. The summed E-state index contributed by atoms with van der Waals surface area (Å²) in [5.41, 5.74) is 3.81. The molecule has 0 radical (unpaired) electrons. The predicted molar refractivity (Wildman–Crippen MR) is 149 cm³/mol. The van der Waals surface area contributed by atoms with E-state index in [1.54, 1.807) is 52.3 Å². The minimum Gasteiger partial charge on any atom is -0.467 e. The van der Waals surface area contributed by atoms with E-state index in [9.17, 15) is 13.2 Å². The van der Waals surface area contributed by atoms with Crippen LogP contribution in [-0.2, 0) is 35.2 Å². The molecular weight excluding hydrogens is 510 g/mol. The number of rotatable bonds is 10. The highest BCUT2D eigenvalue weighted by Gasteiger charge is 2.26. The zero-order valence-corrected chi connectivity index (χ0v) is 22.4. The van der Waals surface area contributed by atoms with Gasteiger partial charge in [0.1, 0.15) is 5.76 Å². The lowest BCUT2D eigenvalue weighted by atomic mass is 10.1. The number of imidazole rings is 1. The molecule has 3 aromatic carbocycles. The van der Waals surface area contributed by atoms with Crippen molar-refractivity contribution >= 4 is 15.7 Å². The van der Waals surface area contributed by atoms with Gasteiger partial charge in [-0.15, -0.1) is 0 Å². The van der Waals surface area contributed by atoms with Crippen molar-refractivity contribution in [2.24, 2.45) is 0 Å². The summed E-state index contributed by atoms with van der Waals surface area (Å²) < 4.78 is 34.4. The van der Waals surface area contributed by atoms with Crippen LogP contribution in [0.15, 0.2) is 119 Å². The molecule has 0 spiro atoms. The standard InChI is InChI=1S/C31H29N3O4S/c1-24-14-16-27(17-15-24)30(35)33(22-29-13-8-18-38-29)21-28-19-32-31(34(28)20-25-9-4-2-5-10-25)39(36,37)23-26-11-6-3-7-12-26/h2-19H,20-23H2,1H3. The summed E-state index contributed by atoms with van der Waals surface area (Å²) in [5.74, 6) is 0.270. The summed E-state index contributed by atoms with van der Waals surface area (Å²) in [5, 5.41) is -0.0223. The summed E-state index contributed by atoms with van der Waals surface area (Å²) in [7, 11) is -3.78. The van der Waals surface area contributed by atoms with E-state index in [0.29, 0.717) is 29.1 Å². The molecule has 0 N–H and O–H groups in total. The van der Waals surface area contributed by atoms with Gasteiger partial charge in [0.25, 0.3) is 5.91 Å². The monoisotopic (exact) mass is 539 g/mol. The number of hydrogen-bond acceptors (Lipinski definition) is 5. The first-order valence-electron chi connectivity index (χ1n) is 12.6. The Kier molecular flexibility index (Phi) is 7.74. The number of hydrogen-bond donors (Lipinski definition) is 0. The van der Waals surface area contributed by atoms with Gasteiger partial charge in [-0.3, -0.25) is 4.79 Å². The first-order valence-corrected chi connectivity index (χ1v) is 14.3. The molecule has 0 fully saturated rings. The highest BCUT2D eigenvalue weighted by Crippen LogP contribution is 2.22. The van der Waals surface area contributed by atoms with Gasteiger partial charge in [-0.1, -0.05) is 78.4 Å². The highest BCUT2D eigenvalue weighted by molar-refractivity contribution is 7.90. The topological polar surface area (TPSA) is 85.4 Å². The molecule has 0 unspecified atom stereocenters. The quantitative estimate of drug-likeness (QED) is 0.229. The van der Waals surface area contributed by atoms with Crippen molar-refractivity contribution in [1.29, 1.82) is 0 Å². The van der Waals surface area contributed by atoms with E-state index >= 15 is 0 Å². The van der Waals surface area contributed by atoms with Crippen LogP contribution < -0.4 is 0 Å². The maximum atomic E-state index is 13.6. The molecule has 1 amide bonds. The summed E-state index contributed by atoms with van der Waals surface area (Å²) in [6.07, 6.45) is 3.12. The molecule has 5 rings (SSSR count). The van der Waals surface area contributed by atoms with Crippen molar-refractivity contribution in [2.45, 2.75) is 37.5 Å². The van der Waals surface area contributed by atoms with Gasteiger partial charge in [-0.05, 0) is 42.3 Å². The van der Waals surface area contributed by atoms with E-state index in [0.717, 1.165) is 11.1 Å². The van der Waals surface area contributed by atoms with Gasteiger partial charge in [-0.2, -0.15) is 0 Å². The number of aromatic nitrogens is 2. The average molecular weight is 540 g/mol. The third kappa shape index (κ3) is 6.35. The van der Waals surface area contributed by atoms with E-state index in [1.165, 1.54) is 0 Å². The fourth-order valence-corrected chi connectivity index (χ4v) is 5.92. The molecule has 2 heterocycles. The van der Waals surface area contributed by atoms with Crippen molar-refractivity contribution < 1.29 is 17.6 Å². The van der Waals surface area contributed by atoms with Gasteiger partial charge in [0, 0.05) is 5.56 Å². The van der Waals surface area contributed by atoms with Crippen LogP contribution in [0.25, 0.3) is 0 Å². The molecule has 8 heteroatoms. The Labute approximate surface area is 228 Å². The zero-order valence-electron chi connectivity index (χ0n) is 21.6. The number of aryl methyl sites for hydroxylation is 1. The Bertz CT molecular complexity index is 1630. The fourth-order valence-electron chi connectivity index (χ4n) is 4.42. The highest BCUT2D eigenvalue weighted by atomic mass is 32.2. The van der Waals surface area contributed by atoms with Gasteiger partial charge in [0.05, 0.1) is 43.5 Å². The molecule has 198 valence electrons. The lowest BCUT2D eigenvalue weighted by molar-refractivity contribution is 0.0713. The van der Waals surface area contributed by atoms with Crippen LogP contribution in [0, 0.1) is 6.92 Å². The molecule has 0 aliphatic carbocycles. The third-order valence-corrected chi connectivity index (χ3v) is 8.02. The summed E-state index contributed by atoms with van der Waals surface area (Å²) >= 11 is 0. The van der Waals surface area contributed by atoms with Crippen molar-refractivity contribution in [3.8, 4) is 0 Å². The van der Waals surface area contributed by atoms with Gasteiger partial charge in [0.15, 0.2) is 0 Å². The van der Waals surface area contributed by atoms with Crippen LogP contribution in [0.5, 0.6) is 0 Å². The smallest absolute Gasteiger partial charge is 0.254 e. The molecule has 0 aliphatic rings. The molecule has 7 nitrogen and oxygen atoms in total. The lowest BCUT2D eigenvalue weighted by Gasteiger charge is -2.23. The molecule has 0 atom stereocenters. The van der Waals surface area contributed by atoms with Gasteiger partial charge in [-0.25, -0.2) is 13.4 Å². The Morgan fingerprint density at radius 1 is 0.846 bits per heavy atom. The second-order valence-corrected chi connectivity index (χ2v) is 11.3. The van der Waals surface area contributed by atoms with Crippen molar-refractivity contribution in [3.63, 3.8) is 0 Å². The number of carbonyl (C=O) groups is 1. The van der Waals surface area contributed by atoms with E-state index in [-0.39, 0.29) is 29.9 Å². The van der Waals surface area contributed by atoms with Crippen LogP contribution >= 0.6 is 0 Å². The maximum Gasteiger partial charge on any atom is 0.254 e. The lowest BCUT2D eigenvalue weighted by Crippen LogP contribution is -2.31. The number of sulfone groups is 1. The Morgan fingerprint density at radius 3 is 2.15 bits per heavy atom. The summed E-state index contributed by atoms with van der Waals surface area (Å²) in [6, 6.07) is 29.6. The Morgan fingerprint density at radius 2 is 1.51 bits per heavy atom. The molecule has 2 aromatic heterocycles. The van der Waals surface area contributed by atoms with Crippen molar-refractivity contribution in [1.82, 2.24) is 14.5 Å². The first-order chi connectivity index (χ1) is 18.9. The third-order valence-electron chi connectivity index (χ3n) is 6.43. The summed E-state index contributed by atoms with van der Waals surface area (Å²) in [6.45, 7) is 2.64. The van der Waals surface area contributed by atoms with E-state index in [2.05, 4.69) is 4.98 Å². The zero-order chi connectivity index (χ0) is 27.2. The van der Waals surface area contributed by atoms with Crippen molar-refractivity contribution in [2.75, 3.05) is 0 Å². The van der Waals surface area contributed by atoms with E-state index < -0.39 is 9.84 Å². The van der Waals surface area contributed by atoms with E-state index in [1.807, 2.05) is 73.7 Å². The van der Waals surface area contributed by atoms with Crippen LogP contribution in [0.4, 0.5) is 0 Å². The first kappa shape index (κ1) is 26.2. The maximum absolute atomic E-state index is 13.6. The number of furan rings is 1. The van der Waals surface area contributed by atoms with Gasteiger partial charge < -0.3 is 13.9 Å². The van der Waals surface area contributed by atoms with Crippen molar-refractivity contribution in [3.05, 3.63) is 143 Å². The molecule has 0 bridgehead atoms. The van der Waals surface area contributed by atoms with Crippen LogP contribution in [0.2, 0.25) is 0 Å². The van der Waals surface area contributed by atoms with Gasteiger partial charge in [0.2, 0.25) is 15.0 Å². The van der Waals surface area contributed by atoms with Crippen LogP contribution in [0.1, 0.15) is 38.5 Å². The Balaban J connectivity index is 1.52. The minimum atomic E-state index is -3.78. The molecular formula is C31H29N3O4S. The molecule has 5 aromatic rings. The number of nitrogens with zero attached hydrogens (tertiary/aromatic N) is 3. The summed E-state index contributed by atoms with van der Waals surface area (Å²) in [4.78, 5) is 19.7. The Hall–Kier alpha value is -4.43. The van der Waals surface area contributed by atoms with Gasteiger partial charge >= 0.3 is 0 Å². The molecule has 0 aliphatic heterocycles. The molecule has 39 heavy (non-hydrogen) atoms. The van der Waals surface area contributed by atoms with Crippen LogP contribution in [-0.4, -0.2) is 28.8 Å². The van der Waals surface area contributed by atoms with E-state index in [4.69, 9.17) is 4.42 Å². The number of amides is 1. The predicted octanol–water partition coefficient (Wildman–Crippen LogP) is 5.65.